The monoisotopic (exact) mass is 309 g/mol. The predicted octanol–water partition coefficient (Wildman–Crippen LogP) is 0.417. The number of benzene rings is 1. The SMILES string of the molecule is CC1C(=O)NCCN1C(=O)CNC(=O)c1ccc(Cl)cc1. The van der Waals surface area contributed by atoms with Crippen molar-refractivity contribution in [2.75, 3.05) is 19.6 Å². The van der Waals surface area contributed by atoms with Gasteiger partial charge in [0.1, 0.15) is 6.04 Å². The molecule has 3 amide bonds. The molecule has 0 bridgehead atoms. The summed E-state index contributed by atoms with van der Waals surface area (Å²) in [6.07, 6.45) is 0. The van der Waals surface area contributed by atoms with E-state index in [0.717, 1.165) is 0 Å². The van der Waals surface area contributed by atoms with Gasteiger partial charge in [0.15, 0.2) is 0 Å². The normalized spacial score (nSPS) is 18.1. The van der Waals surface area contributed by atoms with E-state index in [1.807, 2.05) is 0 Å². The van der Waals surface area contributed by atoms with Crippen LogP contribution in [0.25, 0.3) is 0 Å². The van der Waals surface area contributed by atoms with E-state index in [9.17, 15) is 14.4 Å². The molecule has 1 aliphatic rings. The molecule has 1 atom stereocenters. The largest absolute Gasteiger partial charge is 0.353 e. The molecular weight excluding hydrogens is 294 g/mol. The maximum Gasteiger partial charge on any atom is 0.251 e. The van der Waals surface area contributed by atoms with Crippen LogP contribution in [0.5, 0.6) is 0 Å². The van der Waals surface area contributed by atoms with Crippen LogP contribution in [0.1, 0.15) is 17.3 Å². The van der Waals surface area contributed by atoms with Crippen molar-refractivity contribution in [3.05, 3.63) is 34.9 Å². The van der Waals surface area contributed by atoms with Gasteiger partial charge < -0.3 is 15.5 Å². The first-order valence-electron chi connectivity index (χ1n) is 6.60. The summed E-state index contributed by atoms with van der Waals surface area (Å²) in [5, 5.41) is 5.76. The molecule has 1 fully saturated rings. The molecule has 1 aromatic carbocycles. The van der Waals surface area contributed by atoms with Crippen LogP contribution in [-0.2, 0) is 9.59 Å². The molecular formula is C14H16ClN3O3. The van der Waals surface area contributed by atoms with Crippen LogP contribution in [0.3, 0.4) is 0 Å². The van der Waals surface area contributed by atoms with Crippen molar-refractivity contribution in [3.63, 3.8) is 0 Å². The average molecular weight is 310 g/mol. The van der Waals surface area contributed by atoms with Crippen LogP contribution in [0.15, 0.2) is 24.3 Å². The number of piperazine rings is 1. The summed E-state index contributed by atoms with van der Waals surface area (Å²) in [6, 6.07) is 5.86. The molecule has 0 aromatic heterocycles. The van der Waals surface area contributed by atoms with E-state index in [-0.39, 0.29) is 24.3 Å². The maximum atomic E-state index is 12.1. The molecule has 1 heterocycles. The maximum absolute atomic E-state index is 12.1. The molecule has 1 saturated heterocycles. The smallest absolute Gasteiger partial charge is 0.251 e. The fourth-order valence-electron chi connectivity index (χ4n) is 2.08. The topological polar surface area (TPSA) is 78.5 Å². The van der Waals surface area contributed by atoms with E-state index in [1.165, 1.54) is 4.90 Å². The van der Waals surface area contributed by atoms with Crippen LogP contribution in [-0.4, -0.2) is 48.3 Å². The average Bonchev–Trinajstić information content (AvgIpc) is 2.48. The van der Waals surface area contributed by atoms with E-state index in [1.54, 1.807) is 31.2 Å². The zero-order chi connectivity index (χ0) is 15.4. The summed E-state index contributed by atoms with van der Waals surface area (Å²) in [5.74, 6) is -0.813. The number of nitrogens with one attached hydrogen (secondary N) is 2. The zero-order valence-electron chi connectivity index (χ0n) is 11.6. The second-order valence-electron chi connectivity index (χ2n) is 4.74. The Morgan fingerprint density at radius 2 is 2.05 bits per heavy atom. The molecule has 7 heteroatoms. The summed E-state index contributed by atoms with van der Waals surface area (Å²) in [6.45, 7) is 2.40. The predicted molar refractivity (Wildman–Crippen MR) is 78.0 cm³/mol. The van der Waals surface area contributed by atoms with E-state index < -0.39 is 6.04 Å². The molecule has 6 nitrogen and oxygen atoms in total. The first kappa shape index (κ1) is 15.3. The van der Waals surface area contributed by atoms with Gasteiger partial charge in [-0.3, -0.25) is 14.4 Å². The summed E-state index contributed by atoms with van der Waals surface area (Å²) in [4.78, 5) is 36.9. The van der Waals surface area contributed by atoms with Crippen molar-refractivity contribution in [1.29, 1.82) is 0 Å². The highest BCUT2D eigenvalue weighted by Crippen LogP contribution is 2.09. The van der Waals surface area contributed by atoms with Gasteiger partial charge in [0.05, 0.1) is 6.54 Å². The second-order valence-corrected chi connectivity index (χ2v) is 5.18. The lowest BCUT2D eigenvalue weighted by atomic mass is 10.2. The van der Waals surface area contributed by atoms with Gasteiger partial charge in [-0.15, -0.1) is 0 Å². The summed E-state index contributed by atoms with van der Waals surface area (Å²) >= 11 is 5.74. The molecule has 0 radical (unpaired) electrons. The minimum absolute atomic E-state index is 0.140. The Morgan fingerprint density at radius 3 is 2.71 bits per heavy atom. The minimum atomic E-state index is -0.515. The van der Waals surface area contributed by atoms with Crippen LogP contribution < -0.4 is 10.6 Å². The van der Waals surface area contributed by atoms with Crippen molar-refractivity contribution in [2.24, 2.45) is 0 Å². The van der Waals surface area contributed by atoms with Crippen LogP contribution in [0, 0.1) is 0 Å². The van der Waals surface area contributed by atoms with Crippen molar-refractivity contribution in [2.45, 2.75) is 13.0 Å². The number of carbonyl (C=O) groups is 3. The Bertz CT molecular complexity index is 559. The highest BCUT2D eigenvalue weighted by molar-refractivity contribution is 6.30. The minimum Gasteiger partial charge on any atom is -0.353 e. The lowest BCUT2D eigenvalue weighted by molar-refractivity contribution is -0.141. The molecule has 2 rings (SSSR count). The molecule has 1 unspecified atom stereocenters. The molecule has 21 heavy (non-hydrogen) atoms. The van der Waals surface area contributed by atoms with Gasteiger partial charge in [-0.05, 0) is 31.2 Å². The third-order valence-electron chi connectivity index (χ3n) is 3.33. The second kappa shape index (κ2) is 6.58. The molecule has 2 N–H and O–H groups in total. The zero-order valence-corrected chi connectivity index (χ0v) is 12.3. The Kier molecular flexibility index (Phi) is 4.80. The van der Waals surface area contributed by atoms with Crippen LogP contribution in [0.4, 0.5) is 0 Å². The summed E-state index contributed by atoms with van der Waals surface area (Å²) in [7, 11) is 0. The van der Waals surface area contributed by atoms with Crippen molar-refractivity contribution < 1.29 is 14.4 Å². The molecule has 0 aliphatic carbocycles. The standard InChI is InChI=1S/C14H16ClN3O3/c1-9-13(20)16-6-7-18(9)12(19)8-17-14(21)10-2-4-11(15)5-3-10/h2-5,9H,6-8H2,1H3,(H,16,20)(H,17,21). The molecule has 0 saturated carbocycles. The highest BCUT2D eigenvalue weighted by Gasteiger charge is 2.29. The van der Waals surface area contributed by atoms with E-state index in [4.69, 9.17) is 11.6 Å². The number of hydrogen-bond donors (Lipinski definition) is 2. The number of halogens is 1. The Morgan fingerprint density at radius 1 is 1.38 bits per heavy atom. The number of amides is 3. The van der Waals surface area contributed by atoms with Gasteiger partial charge in [0, 0.05) is 23.7 Å². The van der Waals surface area contributed by atoms with Crippen molar-refractivity contribution >= 4 is 29.3 Å². The fraction of sp³-hybridized carbons (Fsp3) is 0.357. The summed E-state index contributed by atoms with van der Waals surface area (Å²) < 4.78 is 0. The highest BCUT2D eigenvalue weighted by atomic mass is 35.5. The van der Waals surface area contributed by atoms with E-state index in [2.05, 4.69) is 10.6 Å². The van der Waals surface area contributed by atoms with Gasteiger partial charge in [-0.1, -0.05) is 11.6 Å². The van der Waals surface area contributed by atoms with Gasteiger partial charge in [0.25, 0.3) is 5.91 Å². The lowest BCUT2D eigenvalue weighted by Crippen LogP contribution is -2.57. The molecule has 112 valence electrons. The van der Waals surface area contributed by atoms with Crippen molar-refractivity contribution in [3.8, 4) is 0 Å². The summed E-state index contributed by atoms with van der Waals surface area (Å²) in [5.41, 5.74) is 0.427. The Balaban J connectivity index is 1.90. The number of hydrogen-bond acceptors (Lipinski definition) is 3. The first-order valence-corrected chi connectivity index (χ1v) is 6.98. The molecule has 1 aromatic rings. The van der Waals surface area contributed by atoms with Gasteiger partial charge in [0.2, 0.25) is 11.8 Å². The Hall–Kier alpha value is -2.08. The molecule has 0 spiro atoms. The first-order chi connectivity index (χ1) is 9.99. The fourth-order valence-corrected chi connectivity index (χ4v) is 2.21. The molecule has 1 aliphatic heterocycles. The lowest BCUT2D eigenvalue weighted by Gasteiger charge is -2.32. The van der Waals surface area contributed by atoms with Gasteiger partial charge in [-0.2, -0.15) is 0 Å². The van der Waals surface area contributed by atoms with Crippen molar-refractivity contribution in [1.82, 2.24) is 15.5 Å². The third kappa shape index (κ3) is 3.72. The third-order valence-corrected chi connectivity index (χ3v) is 3.58. The number of nitrogens with zero attached hydrogens (tertiary/aromatic N) is 1. The quantitative estimate of drug-likeness (QED) is 0.849. The Labute approximate surface area is 127 Å². The van der Waals surface area contributed by atoms with E-state index >= 15 is 0 Å². The van der Waals surface area contributed by atoms with Gasteiger partial charge >= 0.3 is 0 Å². The van der Waals surface area contributed by atoms with Crippen LogP contribution in [0.2, 0.25) is 5.02 Å². The van der Waals surface area contributed by atoms with E-state index in [0.29, 0.717) is 23.7 Å². The van der Waals surface area contributed by atoms with Gasteiger partial charge in [-0.25, -0.2) is 0 Å². The number of carbonyl (C=O) groups excluding carboxylic acids is 3. The number of rotatable bonds is 3. The van der Waals surface area contributed by atoms with Crippen LogP contribution >= 0.6 is 11.6 Å².